The van der Waals surface area contributed by atoms with E-state index in [1.165, 1.54) is 12.1 Å². The van der Waals surface area contributed by atoms with Crippen LogP contribution in [-0.4, -0.2) is 17.1 Å². The summed E-state index contributed by atoms with van der Waals surface area (Å²) >= 11 is 0. The summed E-state index contributed by atoms with van der Waals surface area (Å²) in [6.07, 6.45) is 4.72. The lowest BCUT2D eigenvalue weighted by atomic mass is 10.2. The maximum Gasteiger partial charge on any atom is 0.418 e. The molecule has 0 fully saturated rings. The van der Waals surface area contributed by atoms with Crippen LogP contribution in [0, 0.1) is 12.3 Å². The lowest BCUT2D eigenvalue weighted by molar-refractivity contribution is -0.118. The Morgan fingerprint density at radius 1 is 1.35 bits per heavy atom. The number of carbonyl (C=O) groups excluding carboxylic acids is 1. The molecule has 0 unspecified atom stereocenters. The minimum atomic E-state index is -1.28. The Morgan fingerprint density at radius 2 is 1.94 bits per heavy atom. The van der Waals surface area contributed by atoms with Crippen LogP contribution in [0.15, 0.2) is 24.3 Å². The summed E-state index contributed by atoms with van der Waals surface area (Å²) < 4.78 is 0. The quantitative estimate of drug-likeness (QED) is 0.813. The fraction of sp³-hybridized carbons (Fsp3) is 0.231. The van der Waals surface area contributed by atoms with E-state index in [9.17, 15) is 9.59 Å². The van der Waals surface area contributed by atoms with E-state index in [1.54, 1.807) is 12.1 Å². The first-order chi connectivity index (χ1) is 8.10. The third-order valence-electron chi connectivity index (χ3n) is 2.20. The highest BCUT2D eigenvalue weighted by molar-refractivity contribution is 6.11. The van der Waals surface area contributed by atoms with Crippen molar-refractivity contribution in [3.8, 4) is 12.3 Å². The second-order valence-electron chi connectivity index (χ2n) is 3.45. The standard InChI is InChI=1S/C13H13NO3/c1-3-5-12(15)14(13(16)17)11-8-6-10(4-2)7-9-11/h2,6-9H,3,5H2,1H3,(H,16,17). The monoisotopic (exact) mass is 231 g/mol. The Labute approximate surface area is 99.9 Å². The summed E-state index contributed by atoms with van der Waals surface area (Å²) in [6.45, 7) is 1.82. The van der Waals surface area contributed by atoms with Crippen LogP contribution in [0.1, 0.15) is 25.3 Å². The summed E-state index contributed by atoms with van der Waals surface area (Å²) in [7, 11) is 0. The van der Waals surface area contributed by atoms with Crippen LogP contribution >= 0.6 is 0 Å². The normalized spacial score (nSPS) is 9.41. The van der Waals surface area contributed by atoms with Gasteiger partial charge in [0.15, 0.2) is 0 Å². The van der Waals surface area contributed by atoms with Gasteiger partial charge in [-0.05, 0) is 30.7 Å². The van der Waals surface area contributed by atoms with Crippen LogP contribution in [0.3, 0.4) is 0 Å². The summed E-state index contributed by atoms with van der Waals surface area (Å²) in [4.78, 5) is 23.4. The number of nitrogens with zero attached hydrogens (tertiary/aromatic N) is 1. The SMILES string of the molecule is C#Cc1ccc(N(C(=O)O)C(=O)CCC)cc1. The molecule has 17 heavy (non-hydrogen) atoms. The first kappa shape index (κ1) is 12.8. The van der Waals surface area contributed by atoms with Gasteiger partial charge in [-0.15, -0.1) is 6.42 Å². The third kappa shape index (κ3) is 3.08. The largest absolute Gasteiger partial charge is 0.464 e. The van der Waals surface area contributed by atoms with E-state index in [0.717, 1.165) is 4.90 Å². The van der Waals surface area contributed by atoms with E-state index in [-0.39, 0.29) is 6.42 Å². The maximum atomic E-state index is 11.6. The molecule has 0 spiro atoms. The topological polar surface area (TPSA) is 57.6 Å². The van der Waals surface area contributed by atoms with Gasteiger partial charge in [0.2, 0.25) is 5.91 Å². The molecule has 0 aliphatic heterocycles. The highest BCUT2D eigenvalue weighted by Gasteiger charge is 2.21. The molecule has 0 aliphatic carbocycles. The van der Waals surface area contributed by atoms with E-state index >= 15 is 0 Å². The van der Waals surface area contributed by atoms with E-state index in [1.807, 2.05) is 6.92 Å². The van der Waals surface area contributed by atoms with Crippen molar-refractivity contribution in [3.05, 3.63) is 29.8 Å². The number of benzene rings is 1. The lowest BCUT2D eigenvalue weighted by Gasteiger charge is -2.17. The average molecular weight is 231 g/mol. The maximum absolute atomic E-state index is 11.6. The van der Waals surface area contributed by atoms with Gasteiger partial charge in [-0.1, -0.05) is 12.8 Å². The van der Waals surface area contributed by atoms with Gasteiger partial charge in [-0.3, -0.25) is 4.79 Å². The molecule has 0 heterocycles. The summed E-state index contributed by atoms with van der Waals surface area (Å²) in [5.41, 5.74) is 0.956. The van der Waals surface area contributed by atoms with E-state index < -0.39 is 12.0 Å². The molecule has 0 radical (unpaired) electrons. The summed E-state index contributed by atoms with van der Waals surface area (Å²) in [6, 6.07) is 6.25. The van der Waals surface area contributed by atoms with Crippen LogP contribution in [0.25, 0.3) is 0 Å². The van der Waals surface area contributed by atoms with Crippen molar-refractivity contribution in [2.24, 2.45) is 0 Å². The highest BCUT2D eigenvalue weighted by Crippen LogP contribution is 2.16. The van der Waals surface area contributed by atoms with Crippen molar-refractivity contribution in [1.82, 2.24) is 0 Å². The molecule has 1 aromatic carbocycles. The fourth-order valence-corrected chi connectivity index (χ4v) is 1.39. The van der Waals surface area contributed by atoms with E-state index in [0.29, 0.717) is 17.7 Å². The van der Waals surface area contributed by atoms with Gasteiger partial charge in [0.05, 0.1) is 5.69 Å². The van der Waals surface area contributed by atoms with Crippen molar-refractivity contribution in [2.45, 2.75) is 19.8 Å². The van der Waals surface area contributed by atoms with Gasteiger partial charge in [-0.2, -0.15) is 0 Å². The molecule has 1 rings (SSSR count). The zero-order valence-electron chi connectivity index (χ0n) is 9.51. The highest BCUT2D eigenvalue weighted by atomic mass is 16.4. The summed E-state index contributed by atoms with van der Waals surface area (Å²) in [5, 5.41) is 9.02. The molecule has 2 amide bonds. The second-order valence-corrected chi connectivity index (χ2v) is 3.45. The molecule has 0 aliphatic rings. The zero-order chi connectivity index (χ0) is 12.8. The Bertz CT molecular complexity index is 457. The molecule has 4 nitrogen and oxygen atoms in total. The number of carbonyl (C=O) groups is 2. The van der Waals surface area contributed by atoms with Crippen LogP contribution in [-0.2, 0) is 4.79 Å². The van der Waals surface area contributed by atoms with Crippen LogP contribution in [0.2, 0.25) is 0 Å². The smallest absolute Gasteiger partial charge is 0.418 e. The van der Waals surface area contributed by atoms with Gasteiger partial charge in [-0.25, -0.2) is 9.69 Å². The number of hydrogen-bond donors (Lipinski definition) is 1. The number of hydrogen-bond acceptors (Lipinski definition) is 2. The molecular formula is C13H13NO3. The average Bonchev–Trinajstić information content (AvgIpc) is 2.30. The molecule has 1 N–H and O–H groups in total. The van der Waals surface area contributed by atoms with Crippen LogP contribution in [0.5, 0.6) is 0 Å². The van der Waals surface area contributed by atoms with Crippen molar-refractivity contribution >= 4 is 17.7 Å². The molecule has 0 bridgehead atoms. The van der Waals surface area contributed by atoms with Gasteiger partial charge in [0.25, 0.3) is 0 Å². The molecule has 0 atom stereocenters. The van der Waals surface area contributed by atoms with Crippen LogP contribution in [0.4, 0.5) is 10.5 Å². The molecular weight excluding hydrogens is 218 g/mol. The van der Waals surface area contributed by atoms with E-state index in [4.69, 9.17) is 11.5 Å². The van der Waals surface area contributed by atoms with Gasteiger partial charge >= 0.3 is 6.09 Å². The molecule has 0 aromatic heterocycles. The Kier molecular flexibility index (Phi) is 4.29. The Morgan fingerprint density at radius 3 is 2.35 bits per heavy atom. The first-order valence-electron chi connectivity index (χ1n) is 5.22. The Balaban J connectivity index is 3.02. The van der Waals surface area contributed by atoms with Crippen LogP contribution < -0.4 is 4.90 Å². The van der Waals surface area contributed by atoms with Crippen molar-refractivity contribution < 1.29 is 14.7 Å². The minimum absolute atomic E-state index is 0.198. The number of terminal acetylenes is 1. The lowest BCUT2D eigenvalue weighted by Crippen LogP contribution is -2.35. The number of imide groups is 1. The van der Waals surface area contributed by atoms with Gasteiger partial charge in [0.1, 0.15) is 0 Å². The number of anilines is 1. The first-order valence-corrected chi connectivity index (χ1v) is 5.22. The summed E-state index contributed by atoms with van der Waals surface area (Å²) in [5.74, 6) is 1.99. The molecule has 4 heteroatoms. The fourth-order valence-electron chi connectivity index (χ4n) is 1.39. The molecule has 1 aromatic rings. The van der Waals surface area contributed by atoms with Gasteiger partial charge < -0.3 is 5.11 Å². The van der Waals surface area contributed by atoms with Gasteiger partial charge in [0, 0.05) is 12.0 Å². The van der Waals surface area contributed by atoms with E-state index in [2.05, 4.69) is 5.92 Å². The Hall–Kier alpha value is -2.28. The number of amides is 2. The number of rotatable bonds is 3. The van der Waals surface area contributed by atoms with Crippen molar-refractivity contribution in [1.29, 1.82) is 0 Å². The molecule has 0 saturated carbocycles. The third-order valence-corrected chi connectivity index (χ3v) is 2.20. The molecule has 88 valence electrons. The van der Waals surface area contributed by atoms with Crippen molar-refractivity contribution in [3.63, 3.8) is 0 Å². The number of carboxylic acid groups (broad SMARTS) is 1. The second kappa shape index (κ2) is 5.71. The van der Waals surface area contributed by atoms with Crippen molar-refractivity contribution in [2.75, 3.05) is 4.90 Å². The predicted octanol–water partition coefficient (Wildman–Crippen LogP) is 2.48. The predicted molar refractivity (Wildman–Crippen MR) is 64.8 cm³/mol. The zero-order valence-corrected chi connectivity index (χ0v) is 9.51. The minimum Gasteiger partial charge on any atom is -0.464 e. The molecule has 0 saturated heterocycles.